The lowest BCUT2D eigenvalue weighted by Crippen LogP contribution is -2.44. The van der Waals surface area contributed by atoms with E-state index in [2.05, 4.69) is 10.1 Å². The van der Waals surface area contributed by atoms with Gasteiger partial charge in [-0.05, 0) is 19.1 Å². The highest BCUT2D eigenvalue weighted by Gasteiger charge is 2.24. The molecule has 0 fully saturated rings. The van der Waals surface area contributed by atoms with Crippen molar-refractivity contribution in [3.8, 4) is 0 Å². The maximum Gasteiger partial charge on any atom is 0.330 e. The van der Waals surface area contributed by atoms with Gasteiger partial charge in [0.2, 0.25) is 5.91 Å². The summed E-state index contributed by atoms with van der Waals surface area (Å²) in [6, 6.07) is 4.86. The lowest BCUT2D eigenvalue weighted by atomic mass is 10.2. The van der Waals surface area contributed by atoms with Crippen molar-refractivity contribution in [3.63, 3.8) is 0 Å². The zero-order chi connectivity index (χ0) is 16.0. The Labute approximate surface area is 123 Å². The van der Waals surface area contributed by atoms with Crippen molar-refractivity contribution in [1.29, 1.82) is 0 Å². The molecule has 0 radical (unpaired) electrons. The van der Waals surface area contributed by atoms with E-state index in [-0.39, 0.29) is 4.90 Å². The van der Waals surface area contributed by atoms with Gasteiger partial charge < -0.3 is 10.1 Å². The van der Waals surface area contributed by atoms with Gasteiger partial charge in [-0.1, -0.05) is 17.7 Å². The first-order valence-electron chi connectivity index (χ1n) is 6.07. The lowest BCUT2D eigenvalue weighted by Gasteiger charge is -2.15. The summed E-state index contributed by atoms with van der Waals surface area (Å²) in [6.45, 7) is 2.48. The van der Waals surface area contributed by atoms with E-state index in [1.807, 2.05) is 6.92 Å². The topological polar surface area (TPSA) is 98.8 Å². The van der Waals surface area contributed by atoms with Gasteiger partial charge in [0, 0.05) is 6.92 Å². The van der Waals surface area contributed by atoms with E-state index in [1.165, 1.54) is 19.1 Å². The largest absolute Gasteiger partial charge is 0.467 e. The maximum atomic E-state index is 12.0. The Morgan fingerprint density at radius 2 is 1.81 bits per heavy atom. The normalized spacial score (nSPS) is 12.5. The smallest absolute Gasteiger partial charge is 0.330 e. The second kappa shape index (κ2) is 7.19. The van der Waals surface area contributed by atoms with E-state index < -0.39 is 34.6 Å². The van der Waals surface area contributed by atoms with Gasteiger partial charge in [0.1, 0.15) is 0 Å². The van der Waals surface area contributed by atoms with Crippen LogP contribution in [-0.4, -0.2) is 40.1 Å². The zero-order valence-corrected chi connectivity index (χ0v) is 12.8. The minimum absolute atomic E-state index is 0.0282. The highest BCUT2D eigenvalue weighted by Crippen LogP contribution is 2.13. The van der Waals surface area contributed by atoms with Crippen molar-refractivity contribution in [2.45, 2.75) is 24.8 Å². The van der Waals surface area contributed by atoms with E-state index >= 15 is 0 Å². The fraction of sp³-hybridized carbons (Fsp3) is 0.385. The number of rotatable bonds is 6. The SMILES string of the molecule is COC(=O)C(COS(=O)(=O)c1ccc(C)cc1)NC(C)=O. The van der Waals surface area contributed by atoms with E-state index in [1.54, 1.807) is 12.1 Å². The average Bonchev–Trinajstić information content (AvgIpc) is 2.42. The summed E-state index contributed by atoms with van der Waals surface area (Å²) >= 11 is 0. The Hall–Kier alpha value is -1.93. The first-order valence-corrected chi connectivity index (χ1v) is 7.48. The lowest BCUT2D eigenvalue weighted by molar-refractivity contribution is -0.145. The third kappa shape index (κ3) is 5.16. The van der Waals surface area contributed by atoms with Crippen molar-refractivity contribution in [2.75, 3.05) is 13.7 Å². The van der Waals surface area contributed by atoms with Gasteiger partial charge in [0.15, 0.2) is 6.04 Å². The molecule has 1 aromatic carbocycles. The van der Waals surface area contributed by atoms with Gasteiger partial charge in [-0.3, -0.25) is 8.98 Å². The van der Waals surface area contributed by atoms with Crippen molar-refractivity contribution < 1.29 is 26.9 Å². The Kier molecular flexibility index (Phi) is 5.86. The predicted molar refractivity (Wildman–Crippen MR) is 73.9 cm³/mol. The van der Waals surface area contributed by atoms with Gasteiger partial charge in [0.25, 0.3) is 10.1 Å². The van der Waals surface area contributed by atoms with Crippen LogP contribution in [0, 0.1) is 6.92 Å². The first kappa shape index (κ1) is 17.1. The molecule has 1 N–H and O–H groups in total. The summed E-state index contributed by atoms with van der Waals surface area (Å²) in [4.78, 5) is 22.4. The summed E-state index contributed by atoms with van der Waals surface area (Å²) in [5, 5.41) is 2.26. The monoisotopic (exact) mass is 315 g/mol. The second-order valence-electron chi connectivity index (χ2n) is 4.33. The maximum absolute atomic E-state index is 12.0. The molecule has 1 rings (SSSR count). The number of esters is 1. The number of methoxy groups -OCH3 is 1. The highest BCUT2D eigenvalue weighted by molar-refractivity contribution is 7.86. The van der Waals surface area contributed by atoms with Crippen LogP contribution in [0.15, 0.2) is 29.2 Å². The molecule has 116 valence electrons. The second-order valence-corrected chi connectivity index (χ2v) is 5.94. The number of hydrogen-bond acceptors (Lipinski definition) is 6. The molecule has 1 atom stereocenters. The molecule has 1 unspecified atom stereocenters. The van der Waals surface area contributed by atoms with Crippen molar-refractivity contribution >= 4 is 22.0 Å². The summed E-state index contributed by atoms with van der Waals surface area (Å²) in [5.74, 6) is -1.29. The molecule has 0 aliphatic carbocycles. The molecular weight excluding hydrogens is 298 g/mol. The van der Waals surface area contributed by atoms with Crippen LogP contribution in [0.5, 0.6) is 0 Å². The number of aryl methyl sites for hydroxylation is 1. The van der Waals surface area contributed by atoms with E-state index in [0.717, 1.165) is 12.7 Å². The van der Waals surface area contributed by atoms with Crippen LogP contribution in [0.1, 0.15) is 12.5 Å². The molecule has 0 heterocycles. The van der Waals surface area contributed by atoms with Crippen LogP contribution < -0.4 is 5.32 Å². The molecule has 7 nitrogen and oxygen atoms in total. The molecule has 1 aromatic rings. The van der Waals surface area contributed by atoms with E-state index in [4.69, 9.17) is 4.18 Å². The van der Waals surface area contributed by atoms with E-state index in [0.29, 0.717) is 0 Å². The Balaban J connectivity index is 2.80. The Morgan fingerprint density at radius 1 is 1.24 bits per heavy atom. The third-order valence-corrected chi connectivity index (χ3v) is 3.86. The van der Waals surface area contributed by atoms with Gasteiger partial charge >= 0.3 is 5.97 Å². The third-order valence-electron chi connectivity index (χ3n) is 2.56. The molecule has 0 bridgehead atoms. The van der Waals surface area contributed by atoms with Gasteiger partial charge in [-0.25, -0.2) is 4.79 Å². The summed E-state index contributed by atoms with van der Waals surface area (Å²) in [6.07, 6.45) is 0. The van der Waals surface area contributed by atoms with Crippen molar-refractivity contribution in [3.05, 3.63) is 29.8 Å². The standard InChI is InChI=1S/C13H17NO6S/c1-9-4-6-11(7-5-9)21(17,18)20-8-12(13(16)19-3)14-10(2)15/h4-7,12H,8H2,1-3H3,(H,14,15). The molecule has 0 aromatic heterocycles. The number of nitrogens with one attached hydrogen (secondary N) is 1. The number of hydrogen-bond donors (Lipinski definition) is 1. The fourth-order valence-electron chi connectivity index (χ4n) is 1.49. The zero-order valence-electron chi connectivity index (χ0n) is 12.0. The number of carbonyl (C=O) groups excluding carboxylic acids is 2. The summed E-state index contributed by atoms with van der Waals surface area (Å²) < 4.78 is 33.2. The molecule has 0 spiro atoms. The molecule has 0 aliphatic heterocycles. The molecule has 0 saturated carbocycles. The number of ether oxygens (including phenoxy) is 1. The van der Waals surface area contributed by atoms with Crippen molar-refractivity contribution in [1.82, 2.24) is 5.32 Å². The predicted octanol–water partition coefficient (Wildman–Crippen LogP) is 0.378. The van der Waals surface area contributed by atoms with Crippen LogP contribution >= 0.6 is 0 Å². The first-order chi connectivity index (χ1) is 9.76. The fourth-order valence-corrected chi connectivity index (χ4v) is 2.41. The minimum atomic E-state index is -4.01. The van der Waals surface area contributed by atoms with Crippen LogP contribution in [0.2, 0.25) is 0 Å². The Morgan fingerprint density at radius 3 is 2.29 bits per heavy atom. The van der Waals surface area contributed by atoms with Crippen LogP contribution in [0.25, 0.3) is 0 Å². The molecule has 0 aliphatic rings. The number of amides is 1. The molecular formula is C13H17NO6S. The average molecular weight is 315 g/mol. The highest BCUT2D eigenvalue weighted by atomic mass is 32.2. The van der Waals surface area contributed by atoms with Crippen LogP contribution in [0.3, 0.4) is 0 Å². The number of benzene rings is 1. The summed E-state index contributed by atoms with van der Waals surface area (Å²) in [7, 11) is -2.88. The van der Waals surface area contributed by atoms with Crippen molar-refractivity contribution in [2.24, 2.45) is 0 Å². The van der Waals surface area contributed by atoms with Gasteiger partial charge in [0.05, 0.1) is 18.6 Å². The summed E-state index contributed by atoms with van der Waals surface area (Å²) in [5.41, 5.74) is 0.902. The molecule has 0 saturated heterocycles. The van der Waals surface area contributed by atoms with Crippen LogP contribution in [-0.2, 0) is 28.6 Å². The molecule has 8 heteroatoms. The Bertz CT molecular complexity index is 608. The van der Waals surface area contributed by atoms with Gasteiger partial charge in [-0.15, -0.1) is 0 Å². The molecule has 21 heavy (non-hydrogen) atoms. The van der Waals surface area contributed by atoms with E-state index in [9.17, 15) is 18.0 Å². The quantitative estimate of drug-likeness (QED) is 0.602. The number of carbonyl (C=O) groups is 2. The van der Waals surface area contributed by atoms with Crippen LogP contribution in [0.4, 0.5) is 0 Å². The van der Waals surface area contributed by atoms with Gasteiger partial charge in [-0.2, -0.15) is 8.42 Å². The minimum Gasteiger partial charge on any atom is -0.467 e. The molecule has 1 amide bonds.